The van der Waals surface area contributed by atoms with Crippen LogP contribution in [0.25, 0.3) is 128 Å². The molecule has 74 heavy (non-hydrogen) atoms. The zero-order valence-corrected chi connectivity index (χ0v) is 40.3. The molecule has 0 radical (unpaired) electrons. The maximum atomic E-state index is 11.4. The molecule has 15 rings (SSSR count). The SMILES string of the molecule is [2H]c1c([2H])c(-n2c3ccccc3c3ccc4c(c5ccccc5n4-c4ccc5c(c4)C(C)(C)c4ccccc4-5)c32)c(C#N)c([2H])c1-c1nc(-c2ccccc2)nc(-c2ccc3c(c2)c2ccccc2n3-c2ccccc2)n1. The molecule has 0 saturated carbocycles. The quantitative estimate of drug-likeness (QED) is 0.166. The third kappa shape index (κ3) is 6.03. The Morgan fingerprint density at radius 3 is 1.76 bits per heavy atom. The maximum Gasteiger partial charge on any atom is 0.164 e. The van der Waals surface area contributed by atoms with Crippen molar-refractivity contribution in [3.05, 3.63) is 241 Å². The second kappa shape index (κ2) is 15.8. The first-order valence-corrected chi connectivity index (χ1v) is 24.8. The first-order valence-electron chi connectivity index (χ1n) is 26.3. The average Bonchev–Trinajstić information content (AvgIpc) is 4.37. The van der Waals surface area contributed by atoms with Crippen molar-refractivity contribution >= 4 is 65.4 Å². The summed E-state index contributed by atoms with van der Waals surface area (Å²) in [6, 6.07) is 72.0. The monoisotopic (exact) mass is 948 g/mol. The Kier molecular flexibility index (Phi) is 8.29. The van der Waals surface area contributed by atoms with E-state index in [9.17, 15) is 9.37 Å². The molecule has 0 saturated heterocycles. The molecule has 0 spiro atoms. The second-order valence-electron chi connectivity index (χ2n) is 19.6. The molecule has 7 heteroatoms. The number of hydrogen-bond acceptors (Lipinski definition) is 4. The molecule has 4 aromatic heterocycles. The van der Waals surface area contributed by atoms with E-state index in [1.165, 1.54) is 22.3 Å². The van der Waals surface area contributed by atoms with Crippen molar-refractivity contribution in [3.63, 3.8) is 0 Å². The fourth-order valence-electron chi connectivity index (χ4n) is 11.9. The molecule has 7 nitrogen and oxygen atoms in total. The first kappa shape index (κ1) is 38.8. The minimum absolute atomic E-state index is 0.0258. The number of hydrogen-bond donors (Lipinski definition) is 0. The molecule has 14 aromatic rings. The first-order chi connectivity index (χ1) is 37.7. The van der Waals surface area contributed by atoms with Crippen molar-refractivity contribution < 1.29 is 4.11 Å². The van der Waals surface area contributed by atoms with Gasteiger partial charge in [-0.1, -0.05) is 153 Å². The second-order valence-corrected chi connectivity index (χ2v) is 19.6. The summed E-state index contributed by atoms with van der Waals surface area (Å²) in [4.78, 5) is 15.1. The lowest BCUT2D eigenvalue weighted by Crippen LogP contribution is -2.15. The third-order valence-electron chi connectivity index (χ3n) is 15.3. The molecule has 0 fully saturated rings. The van der Waals surface area contributed by atoms with Gasteiger partial charge < -0.3 is 13.7 Å². The van der Waals surface area contributed by atoms with Crippen LogP contribution in [0.3, 0.4) is 0 Å². The fourth-order valence-corrected chi connectivity index (χ4v) is 11.9. The molecule has 0 N–H and O–H groups in total. The molecule has 0 aliphatic heterocycles. The number of aromatic nitrogens is 6. The Morgan fingerprint density at radius 2 is 1.00 bits per heavy atom. The largest absolute Gasteiger partial charge is 0.309 e. The van der Waals surface area contributed by atoms with Crippen LogP contribution in [0.2, 0.25) is 0 Å². The molecular formula is C67H43N7. The van der Waals surface area contributed by atoms with Gasteiger partial charge in [0.15, 0.2) is 17.5 Å². The van der Waals surface area contributed by atoms with Gasteiger partial charge in [0.05, 0.1) is 48.5 Å². The van der Waals surface area contributed by atoms with Crippen LogP contribution in [-0.4, -0.2) is 28.7 Å². The van der Waals surface area contributed by atoms with E-state index in [2.05, 4.69) is 144 Å². The lowest BCUT2D eigenvalue weighted by atomic mass is 9.82. The summed E-state index contributed by atoms with van der Waals surface area (Å²) in [6.07, 6.45) is 0. The van der Waals surface area contributed by atoms with Gasteiger partial charge in [0, 0.05) is 65.8 Å². The molecule has 346 valence electrons. The molecule has 0 amide bonds. The lowest BCUT2D eigenvalue weighted by molar-refractivity contribution is 0.660. The minimum atomic E-state index is -0.274. The van der Waals surface area contributed by atoms with Crippen LogP contribution in [-0.2, 0) is 5.41 Å². The van der Waals surface area contributed by atoms with Gasteiger partial charge in [-0.25, -0.2) is 15.0 Å². The molecule has 4 heterocycles. The van der Waals surface area contributed by atoms with Crippen LogP contribution in [0.15, 0.2) is 224 Å². The standard InChI is InChI=1S/C67H43N7/c1-67(2)54-25-13-9-21-47(54)48-32-31-46(39-55(48)67)73-59-28-16-12-24-52(59)62-61(73)36-33-51-49-22-10-15-27-58(49)74(63(51)62)56-34-29-42(37-44(56)40-68)65-69-64(41-17-5-3-6-18-41)70-66(71-65)43-30-35-60-53(38-43)50-23-11-14-26-57(50)72(60)45-19-7-4-8-20-45/h3-39H,1-2H3/i29D,34D,37D. The van der Waals surface area contributed by atoms with E-state index < -0.39 is 0 Å². The summed E-state index contributed by atoms with van der Waals surface area (Å²) in [5.41, 5.74) is 13.9. The van der Waals surface area contributed by atoms with Crippen molar-refractivity contribution in [2.75, 3.05) is 0 Å². The van der Waals surface area contributed by atoms with Crippen LogP contribution in [0.5, 0.6) is 0 Å². The lowest BCUT2D eigenvalue weighted by Gasteiger charge is -2.22. The highest BCUT2D eigenvalue weighted by atomic mass is 15.0. The van der Waals surface area contributed by atoms with E-state index in [4.69, 9.17) is 15.0 Å². The van der Waals surface area contributed by atoms with E-state index in [1.54, 1.807) is 0 Å². The summed E-state index contributed by atoms with van der Waals surface area (Å²) >= 11 is 0. The smallest absolute Gasteiger partial charge is 0.164 e. The highest BCUT2D eigenvalue weighted by molar-refractivity contribution is 6.26. The Hall–Kier alpha value is -9.90. The van der Waals surface area contributed by atoms with Gasteiger partial charge in [0.25, 0.3) is 0 Å². The molecule has 10 aromatic carbocycles. The van der Waals surface area contributed by atoms with Crippen LogP contribution < -0.4 is 0 Å². The molecule has 0 atom stereocenters. The Morgan fingerprint density at radius 1 is 0.432 bits per heavy atom. The van der Waals surface area contributed by atoms with Gasteiger partial charge in [-0.3, -0.25) is 0 Å². The zero-order chi connectivity index (χ0) is 51.8. The van der Waals surface area contributed by atoms with Gasteiger partial charge >= 0.3 is 0 Å². The van der Waals surface area contributed by atoms with Crippen molar-refractivity contribution in [1.29, 1.82) is 5.26 Å². The third-order valence-corrected chi connectivity index (χ3v) is 15.3. The Labute approximate surface area is 430 Å². The average molecular weight is 949 g/mol. The summed E-state index contributed by atoms with van der Waals surface area (Å²) < 4.78 is 36.6. The van der Waals surface area contributed by atoms with Crippen LogP contribution in [0.1, 0.15) is 34.7 Å². The highest BCUT2D eigenvalue weighted by Gasteiger charge is 2.35. The Bertz CT molecular complexity index is 4890. The van der Waals surface area contributed by atoms with Crippen LogP contribution in [0.4, 0.5) is 0 Å². The number of nitrogens with zero attached hydrogens (tertiary/aromatic N) is 7. The highest BCUT2D eigenvalue weighted by Crippen LogP contribution is 2.50. The summed E-state index contributed by atoms with van der Waals surface area (Å²) in [7, 11) is 0. The summed E-state index contributed by atoms with van der Waals surface area (Å²) in [6.45, 7) is 4.59. The molecule has 0 unspecified atom stereocenters. The molecular weight excluding hydrogens is 903 g/mol. The number of para-hydroxylation sites is 4. The van der Waals surface area contributed by atoms with Gasteiger partial charge in [-0.05, 0) is 107 Å². The normalized spacial score (nSPS) is 13.4. The molecule has 1 aliphatic carbocycles. The Balaban J connectivity index is 0.958. The topological polar surface area (TPSA) is 77.2 Å². The van der Waals surface area contributed by atoms with E-state index in [1.807, 2.05) is 95.6 Å². The predicted octanol–water partition coefficient (Wildman–Crippen LogP) is 16.3. The van der Waals surface area contributed by atoms with Crippen molar-refractivity contribution in [3.8, 4) is 68.4 Å². The molecule has 1 aliphatic rings. The number of nitriles is 1. The van der Waals surface area contributed by atoms with Gasteiger partial charge in [-0.15, -0.1) is 0 Å². The van der Waals surface area contributed by atoms with Gasteiger partial charge in [0.2, 0.25) is 0 Å². The fraction of sp³-hybridized carbons (Fsp3) is 0.0448. The number of benzene rings is 10. The number of rotatable bonds is 6. The predicted molar refractivity (Wildman–Crippen MR) is 301 cm³/mol. The maximum absolute atomic E-state index is 11.4. The van der Waals surface area contributed by atoms with Crippen molar-refractivity contribution in [2.24, 2.45) is 0 Å². The number of fused-ring (bicyclic) bond motifs is 13. The minimum Gasteiger partial charge on any atom is -0.309 e. The van der Waals surface area contributed by atoms with E-state index >= 15 is 0 Å². The zero-order valence-electron chi connectivity index (χ0n) is 43.3. The van der Waals surface area contributed by atoms with E-state index in [-0.39, 0.29) is 46.2 Å². The van der Waals surface area contributed by atoms with Crippen molar-refractivity contribution in [2.45, 2.75) is 19.3 Å². The van der Waals surface area contributed by atoms with Gasteiger partial charge in [0.1, 0.15) is 6.07 Å². The van der Waals surface area contributed by atoms with Crippen LogP contribution >= 0.6 is 0 Å². The summed E-state index contributed by atoms with van der Waals surface area (Å²) in [5, 5.41) is 17.2. The van der Waals surface area contributed by atoms with Crippen LogP contribution in [0, 0.1) is 11.3 Å². The van der Waals surface area contributed by atoms with Crippen molar-refractivity contribution in [1.82, 2.24) is 28.7 Å². The van der Waals surface area contributed by atoms with E-state index in [0.29, 0.717) is 22.8 Å². The van der Waals surface area contributed by atoms with E-state index in [0.717, 1.165) is 76.8 Å². The van der Waals surface area contributed by atoms with Gasteiger partial charge in [-0.2, -0.15) is 5.26 Å². The summed E-state index contributed by atoms with van der Waals surface area (Å²) in [5.74, 6) is 0.696. The molecule has 0 bridgehead atoms.